The first kappa shape index (κ1) is 20.0. The van der Waals surface area contributed by atoms with Crippen molar-refractivity contribution in [2.75, 3.05) is 60.7 Å². The van der Waals surface area contributed by atoms with Crippen LogP contribution in [0.25, 0.3) is 10.8 Å². The van der Waals surface area contributed by atoms with Gasteiger partial charge in [0.1, 0.15) is 34.9 Å². The second-order valence-electron chi connectivity index (χ2n) is 7.93. The molecule has 2 aromatic heterocycles. The van der Waals surface area contributed by atoms with E-state index >= 15 is 0 Å². The molecule has 0 spiro atoms. The number of carbonyl (C=O) groups excluding carboxylic acids is 1. The number of aromatic nitrogens is 2. The Hall–Kier alpha value is -3.90. The summed E-state index contributed by atoms with van der Waals surface area (Å²) in [4.78, 5) is 26.0. The summed E-state index contributed by atoms with van der Waals surface area (Å²) in [5.41, 5.74) is 14.4. The van der Waals surface area contributed by atoms with Crippen LogP contribution in [-0.4, -0.2) is 55.1 Å². The number of Topliss-reactive ketones (excluding diaryl/α,β-unsaturated/α-hetero) is 1. The van der Waals surface area contributed by atoms with E-state index in [2.05, 4.69) is 28.2 Å². The van der Waals surface area contributed by atoms with Crippen molar-refractivity contribution in [2.24, 2.45) is 0 Å². The highest BCUT2D eigenvalue weighted by Crippen LogP contribution is 2.41. The molecule has 2 aliphatic heterocycles. The van der Waals surface area contributed by atoms with E-state index in [-0.39, 0.29) is 24.0 Å². The Morgan fingerprint density at radius 2 is 1.72 bits per heavy atom. The van der Waals surface area contributed by atoms with E-state index in [0.29, 0.717) is 66.4 Å². The molecule has 9 nitrogen and oxygen atoms in total. The third-order valence-corrected chi connectivity index (χ3v) is 6.01. The van der Waals surface area contributed by atoms with Crippen molar-refractivity contribution in [3.05, 3.63) is 47.0 Å². The van der Waals surface area contributed by atoms with Crippen molar-refractivity contribution >= 4 is 39.8 Å². The number of fused-ring (bicyclic) bond motifs is 3. The van der Waals surface area contributed by atoms with E-state index in [9.17, 15) is 10.1 Å². The van der Waals surface area contributed by atoms with Gasteiger partial charge in [0, 0.05) is 25.0 Å². The summed E-state index contributed by atoms with van der Waals surface area (Å²) >= 11 is 0. The molecule has 0 unspecified atom stereocenters. The zero-order valence-electron chi connectivity index (χ0n) is 17.5. The molecule has 0 radical (unpaired) electrons. The van der Waals surface area contributed by atoms with Gasteiger partial charge >= 0.3 is 0 Å². The number of ketones is 1. The number of hydrogen-bond acceptors (Lipinski definition) is 9. The molecule has 5 rings (SSSR count). The van der Waals surface area contributed by atoms with Gasteiger partial charge in [-0.05, 0) is 12.0 Å². The van der Waals surface area contributed by atoms with Crippen molar-refractivity contribution < 1.29 is 9.53 Å². The number of rotatable bonds is 4. The van der Waals surface area contributed by atoms with Crippen LogP contribution in [0.3, 0.4) is 0 Å². The molecule has 9 heteroatoms. The number of nitrogens with two attached hydrogens (primary N) is 2. The number of morpholine rings is 1. The largest absolute Gasteiger partial charge is 0.383 e. The fourth-order valence-electron chi connectivity index (χ4n) is 4.46. The fourth-order valence-corrected chi connectivity index (χ4v) is 4.46. The molecule has 32 heavy (non-hydrogen) atoms. The summed E-state index contributed by atoms with van der Waals surface area (Å²) in [6, 6.07) is 12.3. The van der Waals surface area contributed by atoms with E-state index < -0.39 is 0 Å². The molecular weight excluding hydrogens is 406 g/mol. The van der Waals surface area contributed by atoms with Crippen LogP contribution >= 0.6 is 0 Å². The minimum atomic E-state index is -0.0967. The number of nitrogens with zero attached hydrogens (tertiary/aromatic N) is 5. The Morgan fingerprint density at radius 3 is 2.41 bits per heavy atom. The van der Waals surface area contributed by atoms with Gasteiger partial charge in [-0.25, -0.2) is 9.97 Å². The Kier molecular flexibility index (Phi) is 4.99. The maximum absolute atomic E-state index is 13.2. The topological polar surface area (TPSA) is 134 Å². The zero-order chi connectivity index (χ0) is 22.2. The Morgan fingerprint density at radius 1 is 1.03 bits per heavy atom. The van der Waals surface area contributed by atoms with Crippen molar-refractivity contribution in [2.45, 2.75) is 6.42 Å². The van der Waals surface area contributed by atoms with Gasteiger partial charge in [0.2, 0.25) is 0 Å². The van der Waals surface area contributed by atoms with Crippen molar-refractivity contribution in [3.63, 3.8) is 0 Å². The molecule has 162 valence electrons. The quantitative estimate of drug-likeness (QED) is 0.636. The molecule has 1 aromatic carbocycles. The summed E-state index contributed by atoms with van der Waals surface area (Å²) < 4.78 is 5.43. The summed E-state index contributed by atoms with van der Waals surface area (Å²) in [5.74, 6) is 1.22. The minimum absolute atomic E-state index is 0.0967. The predicted molar refractivity (Wildman–Crippen MR) is 123 cm³/mol. The molecule has 0 amide bonds. The van der Waals surface area contributed by atoms with Crippen LogP contribution in [0.4, 0.5) is 23.3 Å². The first-order chi connectivity index (χ1) is 15.6. The Bertz CT molecular complexity index is 1250. The first-order valence-corrected chi connectivity index (χ1v) is 10.6. The van der Waals surface area contributed by atoms with Gasteiger partial charge in [-0.2, -0.15) is 5.26 Å². The van der Waals surface area contributed by atoms with Crippen LogP contribution in [0.15, 0.2) is 30.3 Å². The highest BCUT2D eigenvalue weighted by Gasteiger charge is 2.34. The summed E-state index contributed by atoms with van der Waals surface area (Å²) in [5, 5.41) is 10.9. The first-order valence-electron chi connectivity index (χ1n) is 10.6. The second kappa shape index (κ2) is 7.98. The number of ether oxygens (including phenoxy) is 1. The molecule has 1 saturated heterocycles. The summed E-state index contributed by atoms with van der Waals surface area (Å²) in [6.45, 7) is 3.05. The smallest absolute Gasteiger partial charge is 0.186 e. The molecule has 0 saturated carbocycles. The number of nitrogen functional groups attached to an aromatic ring is 2. The average molecular weight is 429 g/mol. The van der Waals surface area contributed by atoms with Gasteiger partial charge in [-0.15, -0.1) is 0 Å². The van der Waals surface area contributed by atoms with Gasteiger partial charge < -0.3 is 26.0 Å². The summed E-state index contributed by atoms with van der Waals surface area (Å²) in [6.07, 6.45) is 0.760. The average Bonchev–Trinajstić information content (AvgIpc) is 3.13. The van der Waals surface area contributed by atoms with E-state index in [0.717, 1.165) is 6.42 Å². The van der Waals surface area contributed by atoms with Crippen LogP contribution in [0.2, 0.25) is 0 Å². The zero-order valence-corrected chi connectivity index (χ0v) is 17.5. The number of hydrogen-bond donors (Lipinski definition) is 2. The fraction of sp³-hybridized carbons (Fsp3) is 0.304. The van der Waals surface area contributed by atoms with Gasteiger partial charge in [-0.3, -0.25) is 4.79 Å². The lowest BCUT2D eigenvalue weighted by Gasteiger charge is -2.29. The molecule has 2 aliphatic rings. The van der Waals surface area contributed by atoms with Crippen molar-refractivity contribution in [1.29, 1.82) is 5.26 Å². The maximum Gasteiger partial charge on any atom is 0.186 e. The number of nitriles is 1. The van der Waals surface area contributed by atoms with Crippen LogP contribution in [0, 0.1) is 11.3 Å². The molecule has 0 bridgehead atoms. The van der Waals surface area contributed by atoms with Crippen LogP contribution < -0.4 is 21.3 Å². The van der Waals surface area contributed by atoms with Gasteiger partial charge in [0.15, 0.2) is 5.78 Å². The Balaban J connectivity index is 1.64. The third-order valence-electron chi connectivity index (χ3n) is 6.01. The lowest BCUT2D eigenvalue weighted by molar-refractivity contribution is 0.101. The SMILES string of the molecule is N#Cc1c(N2CCOCC2)nc(N)c2c(N)nc3c(c12)C(=O)CN3CCc1ccccc1. The lowest BCUT2D eigenvalue weighted by Crippen LogP contribution is -2.37. The molecule has 3 aromatic rings. The highest BCUT2D eigenvalue weighted by atomic mass is 16.5. The predicted octanol–water partition coefficient (Wildman–Crippen LogP) is 1.75. The summed E-state index contributed by atoms with van der Waals surface area (Å²) in [7, 11) is 0. The third kappa shape index (κ3) is 3.25. The minimum Gasteiger partial charge on any atom is -0.383 e. The molecule has 4 N–H and O–H groups in total. The van der Waals surface area contributed by atoms with Gasteiger partial charge in [-0.1, -0.05) is 30.3 Å². The van der Waals surface area contributed by atoms with Gasteiger partial charge in [0.25, 0.3) is 0 Å². The van der Waals surface area contributed by atoms with Gasteiger partial charge in [0.05, 0.1) is 30.7 Å². The number of pyridine rings is 2. The van der Waals surface area contributed by atoms with Crippen molar-refractivity contribution in [1.82, 2.24) is 9.97 Å². The Labute approximate surface area is 185 Å². The molecular formula is C23H23N7O2. The van der Waals surface area contributed by atoms with E-state index in [1.807, 2.05) is 28.0 Å². The second-order valence-corrected chi connectivity index (χ2v) is 7.93. The lowest BCUT2D eigenvalue weighted by atomic mass is 10.00. The van der Waals surface area contributed by atoms with E-state index in [1.54, 1.807) is 0 Å². The molecule has 0 aliphatic carbocycles. The van der Waals surface area contributed by atoms with Crippen LogP contribution in [0.1, 0.15) is 21.5 Å². The van der Waals surface area contributed by atoms with Crippen LogP contribution in [-0.2, 0) is 11.2 Å². The molecule has 1 fully saturated rings. The maximum atomic E-state index is 13.2. The highest BCUT2D eigenvalue weighted by molar-refractivity contribution is 6.22. The number of anilines is 4. The van der Waals surface area contributed by atoms with E-state index in [1.165, 1.54) is 5.56 Å². The molecule has 0 atom stereocenters. The number of carbonyl (C=O) groups is 1. The van der Waals surface area contributed by atoms with Crippen molar-refractivity contribution in [3.8, 4) is 6.07 Å². The normalized spacial score (nSPS) is 15.8. The van der Waals surface area contributed by atoms with E-state index in [4.69, 9.17) is 16.2 Å². The molecule has 4 heterocycles. The number of benzene rings is 1. The standard InChI is InChI=1S/C23H23N7O2/c24-12-15-17-18-16(31)13-30(7-6-14-4-2-1-3-5-14)23(18)28-21(26)19(17)20(25)27-22(15)29-8-10-32-11-9-29/h1-5H,6-11,13H2,(H2,25,27)(H2,26,28). The van der Waals surface area contributed by atoms with Crippen LogP contribution in [0.5, 0.6) is 0 Å². The monoisotopic (exact) mass is 429 g/mol.